The lowest BCUT2D eigenvalue weighted by Crippen LogP contribution is -2.13. The normalized spacial score (nSPS) is 11.6. The molecule has 4 aromatic rings. The van der Waals surface area contributed by atoms with Gasteiger partial charge in [0, 0.05) is 22.2 Å². The maximum absolute atomic E-state index is 12.5. The van der Waals surface area contributed by atoms with Gasteiger partial charge in [-0.05, 0) is 36.4 Å². The molecule has 0 aliphatic heterocycles. The fraction of sp³-hybridized carbons (Fsp3) is 0.227. The number of methoxy groups -OCH3 is 1. The number of hydrogen-bond donors (Lipinski definition) is 2. The SMILES string of the molecule is COc1ccc(C(=O)Nc2cccc(-c3nc4c(Cl)c(C(C)(C)C)[nH]n4n3)c2)cc1. The molecule has 30 heavy (non-hydrogen) atoms. The average molecular weight is 424 g/mol. The number of anilines is 1. The Morgan fingerprint density at radius 2 is 1.90 bits per heavy atom. The van der Waals surface area contributed by atoms with E-state index in [1.807, 2.05) is 24.3 Å². The van der Waals surface area contributed by atoms with Crippen molar-refractivity contribution >= 4 is 28.8 Å². The first-order valence-electron chi connectivity index (χ1n) is 9.47. The third-order valence-corrected chi connectivity index (χ3v) is 5.08. The van der Waals surface area contributed by atoms with Crippen molar-refractivity contribution in [3.8, 4) is 17.1 Å². The summed E-state index contributed by atoms with van der Waals surface area (Å²) >= 11 is 6.51. The number of carbonyl (C=O) groups excluding carboxylic acids is 1. The van der Waals surface area contributed by atoms with Gasteiger partial charge in [0.2, 0.25) is 0 Å². The van der Waals surface area contributed by atoms with Gasteiger partial charge in [-0.2, -0.15) is 4.63 Å². The van der Waals surface area contributed by atoms with E-state index in [9.17, 15) is 4.79 Å². The Bertz CT molecular complexity index is 1220. The van der Waals surface area contributed by atoms with Crippen LogP contribution in [-0.2, 0) is 5.41 Å². The van der Waals surface area contributed by atoms with Gasteiger partial charge in [0.15, 0.2) is 11.5 Å². The Balaban J connectivity index is 1.59. The van der Waals surface area contributed by atoms with Crippen LogP contribution in [-0.4, -0.2) is 32.8 Å². The molecule has 7 nitrogen and oxygen atoms in total. The predicted octanol–water partition coefficient (Wildman–Crippen LogP) is 4.94. The summed E-state index contributed by atoms with van der Waals surface area (Å²) in [5.41, 5.74) is 3.26. The maximum atomic E-state index is 12.5. The summed E-state index contributed by atoms with van der Waals surface area (Å²) in [6.07, 6.45) is 0. The van der Waals surface area contributed by atoms with Crippen LogP contribution in [0.15, 0.2) is 48.5 Å². The number of halogens is 1. The highest BCUT2D eigenvalue weighted by atomic mass is 35.5. The zero-order valence-electron chi connectivity index (χ0n) is 17.2. The second kappa shape index (κ2) is 7.50. The maximum Gasteiger partial charge on any atom is 0.255 e. The van der Waals surface area contributed by atoms with Crippen molar-refractivity contribution in [1.29, 1.82) is 0 Å². The van der Waals surface area contributed by atoms with Crippen molar-refractivity contribution in [3.05, 3.63) is 64.8 Å². The lowest BCUT2D eigenvalue weighted by molar-refractivity contribution is 0.102. The minimum Gasteiger partial charge on any atom is -0.497 e. The summed E-state index contributed by atoms with van der Waals surface area (Å²) in [5, 5.41) is 11.2. The molecular formula is C22H22ClN5O2. The molecule has 0 spiro atoms. The first-order chi connectivity index (χ1) is 14.3. The lowest BCUT2D eigenvalue weighted by atomic mass is 9.92. The van der Waals surface area contributed by atoms with E-state index in [0.29, 0.717) is 33.5 Å². The van der Waals surface area contributed by atoms with E-state index in [2.05, 4.69) is 41.3 Å². The van der Waals surface area contributed by atoms with E-state index in [-0.39, 0.29) is 11.3 Å². The van der Waals surface area contributed by atoms with Gasteiger partial charge < -0.3 is 10.1 Å². The van der Waals surface area contributed by atoms with Crippen LogP contribution in [0.5, 0.6) is 5.75 Å². The van der Waals surface area contributed by atoms with Crippen LogP contribution in [0.2, 0.25) is 5.02 Å². The first-order valence-corrected chi connectivity index (χ1v) is 9.84. The van der Waals surface area contributed by atoms with Crippen molar-refractivity contribution in [2.75, 3.05) is 12.4 Å². The third kappa shape index (κ3) is 3.76. The van der Waals surface area contributed by atoms with Crippen molar-refractivity contribution in [2.45, 2.75) is 26.2 Å². The number of fused-ring (bicyclic) bond motifs is 1. The molecule has 2 aromatic heterocycles. The standard InChI is InChI=1S/C22H22ClN5O2/c1-22(2,3)18-17(23)20-25-19(27-28(20)26-18)14-6-5-7-15(12-14)24-21(29)13-8-10-16(30-4)11-9-13/h5-12,26H,1-4H3,(H,24,29). The molecule has 0 atom stereocenters. The number of H-pyrrole nitrogens is 1. The van der Waals surface area contributed by atoms with E-state index < -0.39 is 0 Å². The van der Waals surface area contributed by atoms with Gasteiger partial charge in [-0.3, -0.25) is 9.89 Å². The zero-order chi connectivity index (χ0) is 21.5. The number of aromatic nitrogens is 4. The Labute approximate surface area is 179 Å². The predicted molar refractivity (Wildman–Crippen MR) is 117 cm³/mol. The topological polar surface area (TPSA) is 84.3 Å². The Kier molecular flexibility index (Phi) is 4.99. The molecule has 4 rings (SSSR count). The number of hydrogen-bond acceptors (Lipinski definition) is 4. The van der Waals surface area contributed by atoms with E-state index in [1.54, 1.807) is 36.0 Å². The van der Waals surface area contributed by atoms with Gasteiger partial charge in [-0.15, -0.1) is 5.10 Å². The molecule has 0 saturated heterocycles. The van der Waals surface area contributed by atoms with Gasteiger partial charge in [0.25, 0.3) is 5.91 Å². The molecule has 0 unspecified atom stereocenters. The minimum atomic E-state index is -0.211. The highest BCUT2D eigenvalue weighted by Crippen LogP contribution is 2.32. The number of aromatic amines is 1. The molecule has 0 fully saturated rings. The van der Waals surface area contributed by atoms with E-state index in [4.69, 9.17) is 16.3 Å². The minimum absolute atomic E-state index is 0.148. The number of ether oxygens (including phenoxy) is 1. The second-order valence-electron chi connectivity index (χ2n) is 7.99. The number of amides is 1. The van der Waals surface area contributed by atoms with Gasteiger partial charge in [-0.25, -0.2) is 4.98 Å². The van der Waals surface area contributed by atoms with Crippen LogP contribution in [0.1, 0.15) is 36.8 Å². The van der Waals surface area contributed by atoms with Gasteiger partial charge >= 0.3 is 0 Å². The summed E-state index contributed by atoms with van der Waals surface area (Å²) in [4.78, 5) is 17.1. The molecule has 2 heterocycles. The van der Waals surface area contributed by atoms with Crippen LogP contribution in [0, 0.1) is 0 Å². The number of nitrogens with zero attached hydrogens (tertiary/aromatic N) is 3. The number of nitrogens with one attached hydrogen (secondary N) is 2. The molecular weight excluding hydrogens is 402 g/mol. The van der Waals surface area contributed by atoms with Crippen LogP contribution < -0.4 is 10.1 Å². The van der Waals surface area contributed by atoms with Crippen molar-refractivity contribution in [2.24, 2.45) is 0 Å². The summed E-state index contributed by atoms with van der Waals surface area (Å²) in [7, 11) is 1.59. The fourth-order valence-corrected chi connectivity index (χ4v) is 3.55. The molecule has 2 aromatic carbocycles. The highest BCUT2D eigenvalue weighted by Gasteiger charge is 2.24. The molecule has 1 amide bonds. The Hall–Kier alpha value is -3.32. The van der Waals surface area contributed by atoms with E-state index in [1.165, 1.54) is 0 Å². The fourth-order valence-electron chi connectivity index (χ4n) is 3.10. The van der Waals surface area contributed by atoms with Crippen LogP contribution >= 0.6 is 11.6 Å². The third-order valence-electron chi connectivity index (χ3n) is 4.72. The summed E-state index contributed by atoms with van der Waals surface area (Å²) in [6, 6.07) is 14.3. The molecule has 0 aliphatic rings. The number of rotatable bonds is 4. The molecule has 0 radical (unpaired) electrons. The smallest absolute Gasteiger partial charge is 0.255 e. The summed E-state index contributed by atoms with van der Waals surface area (Å²) < 4.78 is 6.71. The zero-order valence-corrected chi connectivity index (χ0v) is 17.9. The molecule has 154 valence electrons. The van der Waals surface area contributed by atoms with Gasteiger partial charge in [0.05, 0.1) is 12.8 Å². The average Bonchev–Trinajstić information content (AvgIpc) is 3.28. The summed E-state index contributed by atoms with van der Waals surface area (Å²) in [6.45, 7) is 6.21. The van der Waals surface area contributed by atoms with Crippen LogP contribution in [0.25, 0.3) is 17.0 Å². The summed E-state index contributed by atoms with van der Waals surface area (Å²) in [5.74, 6) is 1.00. The quantitative estimate of drug-likeness (QED) is 0.487. The van der Waals surface area contributed by atoms with E-state index >= 15 is 0 Å². The van der Waals surface area contributed by atoms with Gasteiger partial charge in [-0.1, -0.05) is 44.5 Å². The number of benzene rings is 2. The number of carbonyl (C=O) groups is 1. The monoisotopic (exact) mass is 423 g/mol. The van der Waals surface area contributed by atoms with E-state index in [0.717, 1.165) is 11.3 Å². The van der Waals surface area contributed by atoms with Crippen molar-refractivity contribution in [1.82, 2.24) is 19.8 Å². The second-order valence-corrected chi connectivity index (χ2v) is 8.36. The highest BCUT2D eigenvalue weighted by molar-refractivity contribution is 6.34. The largest absolute Gasteiger partial charge is 0.497 e. The molecule has 0 bridgehead atoms. The van der Waals surface area contributed by atoms with Crippen LogP contribution in [0.4, 0.5) is 5.69 Å². The molecule has 2 N–H and O–H groups in total. The van der Waals surface area contributed by atoms with Crippen molar-refractivity contribution in [3.63, 3.8) is 0 Å². The Morgan fingerprint density at radius 1 is 1.17 bits per heavy atom. The first kappa shape index (κ1) is 20.0. The molecule has 8 heteroatoms. The lowest BCUT2D eigenvalue weighted by Gasteiger charge is -2.16. The Morgan fingerprint density at radius 3 is 2.53 bits per heavy atom. The molecule has 0 aliphatic carbocycles. The van der Waals surface area contributed by atoms with Gasteiger partial charge in [0.1, 0.15) is 10.8 Å². The van der Waals surface area contributed by atoms with Crippen molar-refractivity contribution < 1.29 is 9.53 Å². The van der Waals surface area contributed by atoms with Crippen LogP contribution in [0.3, 0.4) is 0 Å². The molecule has 0 saturated carbocycles.